The molecule has 2 nitrogen and oxygen atoms in total. The molecule has 2 aromatic rings. The summed E-state index contributed by atoms with van der Waals surface area (Å²) in [7, 11) is 0. The molecule has 0 radical (unpaired) electrons. The van der Waals surface area contributed by atoms with Gasteiger partial charge in [-0.2, -0.15) is 13.8 Å². The van der Waals surface area contributed by atoms with Crippen molar-refractivity contribution in [2.45, 2.75) is 20.3 Å². The van der Waals surface area contributed by atoms with Gasteiger partial charge in [0.15, 0.2) is 0 Å². The quantitative estimate of drug-likeness (QED) is 0.769. The van der Waals surface area contributed by atoms with Crippen molar-refractivity contribution in [1.29, 1.82) is 0 Å². The molecule has 2 heterocycles. The van der Waals surface area contributed by atoms with E-state index in [0.717, 1.165) is 11.4 Å². The Hall–Kier alpha value is -0.810. The average molecular weight is 263 g/mol. The van der Waals surface area contributed by atoms with E-state index in [1.54, 1.807) is 0 Å². The Morgan fingerprint density at radius 1 is 1.25 bits per heavy atom. The molecule has 2 rings (SSSR count). The van der Waals surface area contributed by atoms with E-state index >= 15 is 0 Å². The predicted molar refractivity (Wildman–Crippen MR) is 60.9 cm³/mol. The Kier molecular flexibility index (Phi) is 3.08. The van der Waals surface area contributed by atoms with Gasteiger partial charge in [0.25, 0.3) is 0 Å². The van der Waals surface area contributed by atoms with Gasteiger partial charge in [-0.3, -0.25) is 0 Å². The van der Waals surface area contributed by atoms with Crippen LogP contribution in [0.4, 0.5) is 8.78 Å². The molecule has 0 aromatic carbocycles. The van der Waals surface area contributed by atoms with Crippen LogP contribution in [0.15, 0.2) is 0 Å². The van der Waals surface area contributed by atoms with Gasteiger partial charge in [-0.15, -0.1) is 11.3 Å². The topological polar surface area (TPSA) is 25.8 Å². The number of nitrogens with zero attached hydrogens (tertiary/aromatic N) is 2. The first kappa shape index (κ1) is 11.7. The van der Waals surface area contributed by atoms with Crippen LogP contribution in [0.25, 0.3) is 10.2 Å². The first-order valence-corrected chi connectivity index (χ1v) is 5.98. The van der Waals surface area contributed by atoms with Crippen molar-refractivity contribution >= 4 is 33.2 Å². The van der Waals surface area contributed by atoms with E-state index in [1.807, 2.05) is 13.8 Å². The Balaban J connectivity index is 2.60. The van der Waals surface area contributed by atoms with Gasteiger partial charge in [-0.05, 0) is 5.92 Å². The smallest absolute Gasteiger partial charge is 0.236 e. The van der Waals surface area contributed by atoms with Gasteiger partial charge in [0.05, 0.1) is 5.01 Å². The zero-order valence-electron chi connectivity index (χ0n) is 8.72. The zero-order valence-corrected chi connectivity index (χ0v) is 10.3. The molecule has 0 atom stereocenters. The fraction of sp³-hybridized carbons (Fsp3) is 0.400. The van der Waals surface area contributed by atoms with Crippen LogP contribution in [0.1, 0.15) is 18.9 Å². The van der Waals surface area contributed by atoms with Crippen LogP contribution < -0.4 is 0 Å². The number of aromatic nitrogens is 2. The molecule has 0 saturated carbocycles. The van der Waals surface area contributed by atoms with Crippen LogP contribution in [0.5, 0.6) is 0 Å². The van der Waals surface area contributed by atoms with Crippen LogP contribution in [0, 0.1) is 17.8 Å². The minimum absolute atomic E-state index is 0.173. The lowest BCUT2D eigenvalue weighted by molar-refractivity contribution is 0.523. The standard InChI is InChI=1S/C10H9ClF2N2S/c1-4(2)3-5-14-7-6(11)9(12)15-10(13)8(7)16-5/h4H,3H2,1-2H3. The third-order valence-electron chi connectivity index (χ3n) is 2.03. The molecule has 16 heavy (non-hydrogen) atoms. The number of rotatable bonds is 2. The van der Waals surface area contributed by atoms with Crippen LogP contribution in [-0.2, 0) is 6.42 Å². The Labute approximate surface area is 100 Å². The summed E-state index contributed by atoms with van der Waals surface area (Å²) in [4.78, 5) is 7.24. The van der Waals surface area contributed by atoms with E-state index in [9.17, 15) is 8.78 Å². The molecule has 0 saturated heterocycles. The fourth-order valence-electron chi connectivity index (χ4n) is 1.37. The average Bonchev–Trinajstić information content (AvgIpc) is 2.58. The molecule has 6 heteroatoms. The third-order valence-corrected chi connectivity index (χ3v) is 3.42. The fourth-order valence-corrected chi connectivity index (χ4v) is 2.77. The van der Waals surface area contributed by atoms with Crippen molar-refractivity contribution < 1.29 is 8.78 Å². The number of hydrogen-bond acceptors (Lipinski definition) is 3. The summed E-state index contributed by atoms with van der Waals surface area (Å²) in [6.07, 6.45) is 0.719. The summed E-state index contributed by atoms with van der Waals surface area (Å²) >= 11 is 6.86. The molecule has 0 unspecified atom stereocenters. The zero-order chi connectivity index (χ0) is 11.9. The highest BCUT2D eigenvalue weighted by Crippen LogP contribution is 2.31. The maximum absolute atomic E-state index is 13.3. The number of halogens is 3. The highest BCUT2D eigenvalue weighted by molar-refractivity contribution is 7.18. The molecule has 0 fully saturated rings. The molecule has 2 aromatic heterocycles. The van der Waals surface area contributed by atoms with Gasteiger partial charge in [-0.1, -0.05) is 25.4 Å². The van der Waals surface area contributed by atoms with Crippen LogP contribution in [0.2, 0.25) is 5.02 Å². The molecule has 0 spiro atoms. The molecule has 0 aliphatic rings. The molecule has 86 valence electrons. The first-order valence-electron chi connectivity index (χ1n) is 4.79. The first-order chi connectivity index (χ1) is 7.49. The number of fused-ring (bicyclic) bond motifs is 1. The van der Waals surface area contributed by atoms with Crippen molar-refractivity contribution in [1.82, 2.24) is 9.97 Å². The minimum Gasteiger partial charge on any atom is -0.239 e. The number of thiazole rings is 1. The van der Waals surface area contributed by atoms with Gasteiger partial charge >= 0.3 is 0 Å². The third kappa shape index (κ3) is 2.01. The number of hydrogen-bond donors (Lipinski definition) is 0. The Morgan fingerprint density at radius 3 is 2.56 bits per heavy atom. The number of pyridine rings is 1. The van der Waals surface area contributed by atoms with E-state index in [4.69, 9.17) is 11.6 Å². The molecule has 0 aliphatic carbocycles. The van der Waals surface area contributed by atoms with Crippen molar-refractivity contribution in [2.75, 3.05) is 0 Å². The molecular formula is C10H9ClF2N2S. The van der Waals surface area contributed by atoms with E-state index in [1.165, 1.54) is 11.3 Å². The van der Waals surface area contributed by atoms with Crippen LogP contribution in [0.3, 0.4) is 0 Å². The predicted octanol–water partition coefficient (Wildman–Crippen LogP) is 3.82. The summed E-state index contributed by atoms with van der Waals surface area (Å²) in [6.45, 7) is 4.06. The van der Waals surface area contributed by atoms with E-state index in [2.05, 4.69) is 9.97 Å². The van der Waals surface area contributed by atoms with Crippen molar-refractivity contribution in [3.05, 3.63) is 21.9 Å². The minimum atomic E-state index is -1.01. The van der Waals surface area contributed by atoms with E-state index < -0.39 is 11.9 Å². The van der Waals surface area contributed by atoms with Gasteiger partial charge in [-0.25, -0.2) is 4.98 Å². The summed E-state index contributed by atoms with van der Waals surface area (Å²) in [5, 5.41) is 0.542. The van der Waals surface area contributed by atoms with Crippen LogP contribution >= 0.6 is 22.9 Å². The van der Waals surface area contributed by atoms with Gasteiger partial charge in [0, 0.05) is 6.42 Å². The molecule has 0 aliphatic heterocycles. The summed E-state index contributed by atoms with van der Waals surface area (Å²) < 4.78 is 26.6. The van der Waals surface area contributed by atoms with Crippen molar-refractivity contribution in [2.24, 2.45) is 5.92 Å². The summed E-state index contributed by atoms with van der Waals surface area (Å²) in [5.41, 5.74) is 0.173. The normalized spacial score (nSPS) is 11.6. The van der Waals surface area contributed by atoms with Gasteiger partial charge < -0.3 is 0 Å². The monoisotopic (exact) mass is 262 g/mol. The highest BCUT2D eigenvalue weighted by Gasteiger charge is 2.17. The van der Waals surface area contributed by atoms with Gasteiger partial charge in [0.2, 0.25) is 11.9 Å². The highest BCUT2D eigenvalue weighted by atomic mass is 35.5. The molecule has 0 N–H and O–H groups in total. The molecular weight excluding hydrogens is 254 g/mol. The van der Waals surface area contributed by atoms with Crippen molar-refractivity contribution in [3.63, 3.8) is 0 Å². The summed E-state index contributed by atoms with van der Waals surface area (Å²) in [6, 6.07) is 0. The Bertz CT molecular complexity index is 539. The maximum Gasteiger partial charge on any atom is 0.236 e. The Morgan fingerprint density at radius 2 is 1.94 bits per heavy atom. The van der Waals surface area contributed by atoms with Crippen LogP contribution in [-0.4, -0.2) is 9.97 Å². The van der Waals surface area contributed by atoms with Gasteiger partial charge in [0.1, 0.15) is 15.2 Å². The molecule has 0 amide bonds. The lowest BCUT2D eigenvalue weighted by Gasteiger charge is -1.97. The lowest BCUT2D eigenvalue weighted by Crippen LogP contribution is -1.92. The SMILES string of the molecule is CC(C)Cc1nc2c(Cl)c(F)nc(F)c2s1. The second-order valence-corrected chi connectivity index (χ2v) is 5.35. The second-order valence-electron chi connectivity index (χ2n) is 3.89. The second kappa shape index (κ2) is 4.22. The largest absolute Gasteiger partial charge is 0.239 e. The van der Waals surface area contributed by atoms with Crippen molar-refractivity contribution in [3.8, 4) is 0 Å². The van der Waals surface area contributed by atoms with E-state index in [0.29, 0.717) is 5.92 Å². The lowest BCUT2D eigenvalue weighted by atomic mass is 10.1. The summed E-state index contributed by atoms with van der Waals surface area (Å²) in [5.74, 6) is -1.45. The van der Waals surface area contributed by atoms with E-state index in [-0.39, 0.29) is 15.2 Å². The molecule has 0 bridgehead atoms. The maximum atomic E-state index is 13.3.